The van der Waals surface area contributed by atoms with E-state index in [0.717, 1.165) is 19.6 Å². The lowest BCUT2D eigenvalue weighted by atomic mass is 10.1. The number of hydrogen-bond donors (Lipinski definition) is 1. The maximum absolute atomic E-state index is 4.15. The van der Waals surface area contributed by atoms with Crippen LogP contribution in [0.4, 0.5) is 0 Å². The molecular weight excluding hydrogens is 210 g/mol. The highest BCUT2D eigenvalue weighted by Crippen LogP contribution is 2.16. The Labute approximate surface area is 102 Å². The van der Waals surface area contributed by atoms with Gasteiger partial charge in [-0.15, -0.1) is 0 Å². The molecule has 2 rings (SSSR count). The summed E-state index contributed by atoms with van der Waals surface area (Å²) >= 11 is 0. The van der Waals surface area contributed by atoms with Crippen LogP contribution >= 0.6 is 0 Å². The quantitative estimate of drug-likeness (QED) is 0.794. The zero-order valence-electron chi connectivity index (χ0n) is 10.5. The summed E-state index contributed by atoms with van der Waals surface area (Å²) in [6.45, 7) is 2.98. The molecule has 0 aliphatic carbocycles. The first kappa shape index (κ1) is 12.0. The van der Waals surface area contributed by atoms with E-state index in [-0.39, 0.29) is 0 Å². The van der Waals surface area contributed by atoms with E-state index in [1.54, 1.807) is 0 Å². The lowest BCUT2D eigenvalue weighted by molar-refractivity contribution is 0.400. The smallest absolute Gasteiger partial charge is 0.0346 e. The van der Waals surface area contributed by atoms with Gasteiger partial charge < -0.3 is 10.2 Å². The Bertz CT molecular complexity index is 474. The SMILES string of the molecule is CN(C)CCNCc1cccc2cnccc12. The van der Waals surface area contributed by atoms with E-state index in [2.05, 4.69) is 53.6 Å². The molecule has 3 heteroatoms. The first-order valence-electron chi connectivity index (χ1n) is 5.94. The molecule has 2 aromatic rings. The van der Waals surface area contributed by atoms with Crippen LogP contribution in [0, 0.1) is 0 Å². The largest absolute Gasteiger partial charge is 0.311 e. The fourth-order valence-corrected chi connectivity index (χ4v) is 1.87. The van der Waals surface area contributed by atoms with Gasteiger partial charge in [0.05, 0.1) is 0 Å². The zero-order valence-corrected chi connectivity index (χ0v) is 10.5. The van der Waals surface area contributed by atoms with E-state index in [1.165, 1.54) is 16.3 Å². The van der Waals surface area contributed by atoms with Crippen LogP contribution in [0.5, 0.6) is 0 Å². The van der Waals surface area contributed by atoms with Gasteiger partial charge in [-0.25, -0.2) is 0 Å². The Balaban J connectivity index is 2.03. The minimum Gasteiger partial charge on any atom is -0.311 e. The molecule has 0 bridgehead atoms. The van der Waals surface area contributed by atoms with Crippen molar-refractivity contribution in [3.8, 4) is 0 Å². The van der Waals surface area contributed by atoms with E-state index in [0.29, 0.717) is 0 Å². The van der Waals surface area contributed by atoms with Gasteiger partial charge in [-0.05, 0) is 31.1 Å². The second-order valence-corrected chi connectivity index (χ2v) is 4.49. The van der Waals surface area contributed by atoms with E-state index in [4.69, 9.17) is 0 Å². The number of nitrogens with zero attached hydrogens (tertiary/aromatic N) is 2. The summed E-state index contributed by atoms with van der Waals surface area (Å²) in [6.07, 6.45) is 3.77. The van der Waals surface area contributed by atoms with Crippen LogP contribution in [0.1, 0.15) is 5.56 Å². The molecule has 17 heavy (non-hydrogen) atoms. The van der Waals surface area contributed by atoms with Crippen LogP contribution < -0.4 is 5.32 Å². The Morgan fingerprint density at radius 3 is 2.94 bits per heavy atom. The molecule has 0 saturated carbocycles. The molecule has 1 aromatic carbocycles. The molecule has 1 N–H and O–H groups in total. The zero-order chi connectivity index (χ0) is 12.1. The number of likely N-dealkylation sites (N-methyl/N-ethyl adjacent to an activating group) is 1. The number of pyridine rings is 1. The van der Waals surface area contributed by atoms with Gasteiger partial charge in [0.1, 0.15) is 0 Å². The van der Waals surface area contributed by atoms with Crippen LogP contribution in [0.15, 0.2) is 36.7 Å². The first-order valence-corrected chi connectivity index (χ1v) is 5.94. The molecule has 1 heterocycles. The van der Waals surface area contributed by atoms with Crippen molar-refractivity contribution in [1.82, 2.24) is 15.2 Å². The van der Waals surface area contributed by atoms with Crippen LogP contribution in [-0.4, -0.2) is 37.1 Å². The third-order valence-corrected chi connectivity index (χ3v) is 2.82. The van der Waals surface area contributed by atoms with Crippen LogP contribution in [0.3, 0.4) is 0 Å². The molecule has 0 atom stereocenters. The minimum atomic E-state index is 0.912. The van der Waals surface area contributed by atoms with Crippen molar-refractivity contribution in [1.29, 1.82) is 0 Å². The number of rotatable bonds is 5. The second kappa shape index (κ2) is 5.75. The van der Waals surface area contributed by atoms with Gasteiger partial charge in [-0.1, -0.05) is 18.2 Å². The number of fused-ring (bicyclic) bond motifs is 1. The number of benzene rings is 1. The third kappa shape index (κ3) is 3.25. The molecule has 3 nitrogen and oxygen atoms in total. The van der Waals surface area contributed by atoms with E-state index in [9.17, 15) is 0 Å². The predicted molar refractivity (Wildman–Crippen MR) is 72.0 cm³/mol. The van der Waals surface area contributed by atoms with Crippen molar-refractivity contribution in [2.24, 2.45) is 0 Å². The molecule has 1 aromatic heterocycles. The van der Waals surface area contributed by atoms with Crippen molar-refractivity contribution >= 4 is 10.8 Å². The highest BCUT2D eigenvalue weighted by Gasteiger charge is 1.99. The fraction of sp³-hybridized carbons (Fsp3) is 0.357. The maximum Gasteiger partial charge on any atom is 0.0346 e. The third-order valence-electron chi connectivity index (χ3n) is 2.82. The summed E-state index contributed by atoms with van der Waals surface area (Å²) in [5.74, 6) is 0. The number of aromatic nitrogens is 1. The average molecular weight is 229 g/mol. The average Bonchev–Trinajstić information content (AvgIpc) is 2.34. The van der Waals surface area contributed by atoms with Gasteiger partial charge >= 0.3 is 0 Å². The van der Waals surface area contributed by atoms with Crippen LogP contribution in [-0.2, 0) is 6.54 Å². The summed E-state index contributed by atoms with van der Waals surface area (Å²) in [5.41, 5.74) is 1.34. The summed E-state index contributed by atoms with van der Waals surface area (Å²) in [4.78, 5) is 6.33. The summed E-state index contributed by atoms with van der Waals surface area (Å²) in [7, 11) is 4.18. The molecule has 0 amide bonds. The van der Waals surface area contributed by atoms with E-state index < -0.39 is 0 Å². The summed E-state index contributed by atoms with van der Waals surface area (Å²) in [6, 6.07) is 8.45. The first-order chi connectivity index (χ1) is 8.27. The van der Waals surface area contributed by atoms with E-state index in [1.807, 2.05) is 12.4 Å². The molecule has 90 valence electrons. The molecule has 0 unspecified atom stereocenters. The molecule has 0 fully saturated rings. The normalized spacial score (nSPS) is 11.2. The van der Waals surface area contributed by atoms with Crippen molar-refractivity contribution in [2.45, 2.75) is 6.54 Å². The standard InChI is InChI=1S/C14H19N3/c1-17(2)9-8-16-11-13-5-3-4-12-10-15-7-6-14(12)13/h3-7,10,16H,8-9,11H2,1-2H3. The molecule has 0 radical (unpaired) electrons. The van der Waals surface area contributed by atoms with Crippen molar-refractivity contribution in [3.63, 3.8) is 0 Å². The number of hydrogen-bond acceptors (Lipinski definition) is 3. The Hall–Kier alpha value is -1.45. The monoisotopic (exact) mass is 229 g/mol. The molecule has 0 aliphatic heterocycles. The van der Waals surface area contributed by atoms with Crippen molar-refractivity contribution in [3.05, 3.63) is 42.2 Å². The maximum atomic E-state index is 4.15. The van der Waals surface area contributed by atoms with Crippen LogP contribution in [0.25, 0.3) is 10.8 Å². The van der Waals surface area contributed by atoms with Gasteiger partial charge in [-0.3, -0.25) is 4.98 Å². The summed E-state index contributed by atoms with van der Waals surface area (Å²) < 4.78 is 0. The Morgan fingerprint density at radius 2 is 2.12 bits per heavy atom. The van der Waals surface area contributed by atoms with Gasteiger partial charge in [-0.2, -0.15) is 0 Å². The van der Waals surface area contributed by atoms with Gasteiger partial charge in [0.2, 0.25) is 0 Å². The Kier molecular flexibility index (Phi) is 4.07. The van der Waals surface area contributed by atoms with Crippen LogP contribution in [0.2, 0.25) is 0 Å². The predicted octanol–water partition coefficient (Wildman–Crippen LogP) is 1.89. The topological polar surface area (TPSA) is 28.2 Å². The summed E-state index contributed by atoms with van der Waals surface area (Å²) in [5, 5.41) is 5.96. The highest BCUT2D eigenvalue weighted by atomic mass is 15.1. The van der Waals surface area contributed by atoms with Gasteiger partial charge in [0, 0.05) is 37.4 Å². The molecule has 0 spiro atoms. The second-order valence-electron chi connectivity index (χ2n) is 4.49. The Morgan fingerprint density at radius 1 is 1.24 bits per heavy atom. The molecule has 0 aliphatic rings. The van der Waals surface area contributed by atoms with Crippen molar-refractivity contribution in [2.75, 3.05) is 27.2 Å². The van der Waals surface area contributed by atoms with E-state index >= 15 is 0 Å². The lowest BCUT2D eigenvalue weighted by Gasteiger charge is -2.11. The fourth-order valence-electron chi connectivity index (χ4n) is 1.87. The van der Waals surface area contributed by atoms with Crippen molar-refractivity contribution < 1.29 is 0 Å². The minimum absolute atomic E-state index is 0.912. The molecule has 0 saturated heterocycles. The lowest BCUT2D eigenvalue weighted by Crippen LogP contribution is -2.26. The highest BCUT2D eigenvalue weighted by molar-refractivity contribution is 5.84. The van der Waals surface area contributed by atoms with Gasteiger partial charge in [0.15, 0.2) is 0 Å². The van der Waals surface area contributed by atoms with Gasteiger partial charge in [0.25, 0.3) is 0 Å². The number of nitrogens with one attached hydrogen (secondary N) is 1. The molecular formula is C14H19N3.